The highest BCUT2D eigenvalue weighted by Crippen LogP contribution is 2.24. The molecule has 23 heavy (non-hydrogen) atoms. The molecule has 2 aromatic heterocycles. The highest BCUT2D eigenvalue weighted by molar-refractivity contribution is 6.01. The fourth-order valence-corrected chi connectivity index (χ4v) is 2.80. The minimum Gasteiger partial charge on any atom is -0.456 e. The number of hydrogen-bond acceptors (Lipinski definition) is 3. The molecule has 0 atom stereocenters. The molecule has 0 unspecified atom stereocenters. The third-order valence-corrected chi connectivity index (χ3v) is 3.92. The summed E-state index contributed by atoms with van der Waals surface area (Å²) in [4.78, 5) is 11.9. The first-order valence-electron chi connectivity index (χ1n) is 7.59. The summed E-state index contributed by atoms with van der Waals surface area (Å²) in [5.41, 5.74) is 5.81. The molecule has 0 aliphatic carbocycles. The van der Waals surface area contributed by atoms with E-state index in [1.807, 2.05) is 12.1 Å². The molecule has 2 heterocycles. The van der Waals surface area contributed by atoms with Gasteiger partial charge in [-0.1, -0.05) is 18.2 Å². The van der Waals surface area contributed by atoms with Crippen LogP contribution in [-0.2, 0) is 6.54 Å². The van der Waals surface area contributed by atoms with Gasteiger partial charge in [0, 0.05) is 28.7 Å². The van der Waals surface area contributed by atoms with Crippen molar-refractivity contribution in [1.29, 1.82) is 0 Å². The lowest BCUT2D eigenvalue weighted by molar-refractivity contribution is 0.0926. The Bertz CT molecular complexity index is 887. The van der Waals surface area contributed by atoms with Gasteiger partial charge in [0.15, 0.2) is 5.76 Å². The number of amides is 1. The van der Waals surface area contributed by atoms with Gasteiger partial charge in [0.2, 0.25) is 0 Å². The molecule has 0 bridgehead atoms. The molecule has 5 nitrogen and oxygen atoms in total. The lowest BCUT2D eigenvalue weighted by atomic mass is 10.1. The third-order valence-electron chi connectivity index (χ3n) is 3.92. The largest absolute Gasteiger partial charge is 0.456 e. The van der Waals surface area contributed by atoms with Gasteiger partial charge in [0.25, 0.3) is 0 Å². The minimum atomic E-state index is -0.355. The van der Waals surface area contributed by atoms with Crippen LogP contribution >= 0.6 is 0 Å². The average molecular weight is 309 g/mol. The standard InChI is InChI=1S/C18H19N3O2/c1-4-21-13(3)15(14-7-5-6-8-16(14)21)11-19-20-18(22)17-10-9-12(2)23-17/h5-11H,4H2,1-3H3,(H,20,22)/b19-11-. The Morgan fingerprint density at radius 3 is 2.74 bits per heavy atom. The van der Waals surface area contributed by atoms with Gasteiger partial charge >= 0.3 is 5.91 Å². The highest BCUT2D eigenvalue weighted by atomic mass is 16.3. The first-order valence-corrected chi connectivity index (χ1v) is 7.59. The summed E-state index contributed by atoms with van der Waals surface area (Å²) in [5, 5.41) is 5.21. The van der Waals surface area contributed by atoms with Crippen molar-refractivity contribution in [3.05, 3.63) is 59.2 Å². The van der Waals surface area contributed by atoms with Crippen molar-refractivity contribution in [2.24, 2.45) is 5.10 Å². The van der Waals surface area contributed by atoms with Crippen LogP contribution in [0, 0.1) is 13.8 Å². The molecule has 0 radical (unpaired) electrons. The van der Waals surface area contributed by atoms with Crippen LogP contribution in [0.4, 0.5) is 0 Å². The molecule has 118 valence electrons. The smallest absolute Gasteiger partial charge is 0.307 e. The van der Waals surface area contributed by atoms with E-state index in [-0.39, 0.29) is 11.7 Å². The Labute approximate surface area is 134 Å². The van der Waals surface area contributed by atoms with Crippen LogP contribution in [0.15, 0.2) is 45.9 Å². The summed E-state index contributed by atoms with van der Waals surface area (Å²) in [6.07, 6.45) is 1.69. The highest BCUT2D eigenvalue weighted by Gasteiger charge is 2.12. The molecule has 5 heteroatoms. The lowest BCUT2D eigenvalue weighted by Gasteiger charge is -2.03. The summed E-state index contributed by atoms with van der Waals surface area (Å²) >= 11 is 0. The van der Waals surface area contributed by atoms with Crippen LogP contribution in [0.25, 0.3) is 10.9 Å². The van der Waals surface area contributed by atoms with Crippen molar-refractivity contribution in [3.8, 4) is 0 Å². The van der Waals surface area contributed by atoms with Gasteiger partial charge in [-0.05, 0) is 39.0 Å². The molecule has 3 aromatic rings. The Balaban J connectivity index is 1.87. The number of aromatic nitrogens is 1. The second kappa shape index (κ2) is 6.12. The van der Waals surface area contributed by atoms with Crippen LogP contribution in [0.2, 0.25) is 0 Å². The van der Waals surface area contributed by atoms with Crippen LogP contribution in [0.5, 0.6) is 0 Å². The molecular weight excluding hydrogens is 290 g/mol. The molecule has 0 aliphatic heterocycles. The Kier molecular flexibility index (Phi) is 4.02. The molecule has 1 N–H and O–H groups in total. The number of carbonyl (C=O) groups is 1. The molecule has 0 saturated heterocycles. The number of hydrogen-bond donors (Lipinski definition) is 1. The Morgan fingerprint density at radius 2 is 2.04 bits per heavy atom. The van der Waals surface area contributed by atoms with Crippen molar-refractivity contribution >= 4 is 23.0 Å². The van der Waals surface area contributed by atoms with Gasteiger partial charge < -0.3 is 8.98 Å². The predicted octanol–water partition coefficient (Wildman–Crippen LogP) is 3.63. The molecule has 0 aliphatic rings. The minimum absolute atomic E-state index is 0.257. The van der Waals surface area contributed by atoms with Crippen LogP contribution in [0.3, 0.4) is 0 Å². The number of furan rings is 1. The molecule has 3 rings (SSSR count). The number of para-hydroxylation sites is 1. The van der Waals surface area contributed by atoms with Crippen molar-refractivity contribution in [1.82, 2.24) is 9.99 Å². The lowest BCUT2D eigenvalue weighted by Crippen LogP contribution is -2.16. The Hall–Kier alpha value is -2.82. The van der Waals surface area contributed by atoms with Crippen LogP contribution < -0.4 is 5.43 Å². The summed E-state index contributed by atoms with van der Waals surface area (Å²) in [5.74, 6) is 0.597. The maximum absolute atomic E-state index is 11.9. The number of benzene rings is 1. The second-order valence-electron chi connectivity index (χ2n) is 5.37. The van der Waals surface area contributed by atoms with Gasteiger partial charge in [-0.25, -0.2) is 5.43 Å². The van der Waals surface area contributed by atoms with E-state index in [1.165, 1.54) is 5.52 Å². The first kappa shape index (κ1) is 15.1. The normalized spacial score (nSPS) is 11.4. The topological polar surface area (TPSA) is 59.5 Å². The molecule has 1 amide bonds. The fourth-order valence-electron chi connectivity index (χ4n) is 2.80. The Morgan fingerprint density at radius 1 is 1.26 bits per heavy atom. The molecule has 1 aromatic carbocycles. The van der Waals surface area contributed by atoms with E-state index in [4.69, 9.17) is 4.42 Å². The van der Waals surface area contributed by atoms with E-state index in [9.17, 15) is 4.79 Å². The monoisotopic (exact) mass is 309 g/mol. The van der Waals surface area contributed by atoms with E-state index in [0.717, 1.165) is 23.2 Å². The number of nitrogens with one attached hydrogen (secondary N) is 1. The number of rotatable bonds is 4. The molecule has 0 fully saturated rings. The van der Waals surface area contributed by atoms with Crippen molar-refractivity contribution < 1.29 is 9.21 Å². The van der Waals surface area contributed by atoms with E-state index >= 15 is 0 Å². The molecule has 0 saturated carbocycles. The van der Waals surface area contributed by atoms with Gasteiger partial charge in [-0.15, -0.1) is 0 Å². The van der Waals surface area contributed by atoms with Crippen LogP contribution in [-0.4, -0.2) is 16.7 Å². The number of hydrazone groups is 1. The maximum Gasteiger partial charge on any atom is 0.307 e. The van der Waals surface area contributed by atoms with E-state index in [2.05, 4.69) is 41.1 Å². The fraction of sp³-hybridized carbons (Fsp3) is 0.222. The zero-order valence-electron chi connectivity index (χ0n) is 13.5. The first-order chi connectivity index (χ1) is 11.1. The molecule has 0 spiro atoms. The summed E-state index contributed by atoms with van der Waals surface area (Å²) in [6.45, 7) is 6.85. The van der Waals surface area contributed by atoms with E-state index in [1.54, 1.807) is 25.3 Å². The number of nitrogens with zero attached hydrogens (tertiary/aromatic N) is 2. The number of fused-ring (bicyclic) bond motifs is 1. The SMILES string of the molecule is CCn1c(C)c(/C=N\NC(=O)c2ccc(C)o2)c2ccccc21. The van der Waals surface area contributed by atoms with Gasteiger partial charge in [0.05, 0.1) is 6.21 Å². The van der Waals surface area contributed by atoms with Crippen molar-refractivity contribution in [2.45, 2.75) is 27.3 Å². The predicted molar refractivity (Wildman–Crippen MR) is 90.9 cm³/mol. The van der Waals surface area contributed by atoms with Gasteiger partial charge in [-0.3, -0.25) is 4.79 Å². The van der Waals surface area contributed by atoms with E-state index in [0.29, 0.717) is 5.76 Å². The second-order valence-corrected chi connectivity index (χ2v) is 5.37. The third kappa shape index (κ3) is 2.77. The zero-order valence-corrected chi connectivity index (χ0v) is 13.5. The number of carbonyl (C=O) groups excluding carboxylic acids is 1. The molecular formula is C18H19N3O2. The quantitative estimate of drug-likeness (QED) is 0.591. The van der Waals surface area contributed by atoms with E-state index < -0.39 is 0 Å². The van der Waals surface area contributed by atoms with Crippen LogP contribution in [0.1, 0.15) is 34.5 Å². The number of aryl methyl sites for hydroxylation is 2. The summed E-state index contributed by atoms with van der Waals surface area (Å²) in [6, 6.07) is 11.6. The van der Waals surface area contributed by atoms with Gasteiger partial charge in [-0.2, -0.15) is 5.10 Å². The van der Waals surface area contributed by atoms with Crippen molar-refractivity contribution in [3.63, 3.8) is 0 Å². The maximum atomic E-state index is 11.9. The zero-order chi connectivity index (χ0) is 16.4. The average Bonchev–Trinajstić information content (AvgIpc) is 3.09. The summed E-state index contributed by atoms with van der Waals surface area (Å²) < 4.78 is 7.50. The van der Waals surface area contributed by atoms with Crippen molar-refractivity contribution in [2.75, 3.05) is 0 Å². The van der Waals surface area contributed by atoms with Gasteiger partial charge in [0.1, 0.15) is 5.76 Å². The summed E-state index contributed by atoms with van der Waals surface area (Å²) in [7, 11) is 0.